The van der Waals surface area contributed by atoms with Crippen LogP contribution in [-0.2, 0) is 28.4 Å². The summed E-state index contributed by atoms with van der Waals surface area (Å²) in [4.78, 5) is 17.2. The Hall–Kier alpha value is -1.36. The number of nitrogens with zero attached hydrogens (tertiary/aromatic N) is 2. The lowest BCUT2D eigenvalue weighted by atomic mass is 9.43. The average Bonchev–Trinajstić information content (AvgIpc) is 3.82. The first-order valence-electron chi connectivity index (χ1n) is 21.1. The summed E-state index contributed by atoms with van der Waals surface area (Å²) in [7, 11) is 0. The molecule has 0 amide bonds. The Morgan fingerprint density at radius 2 is 1.51 bits per heavy atom. The van der Waals surface area contributed by atoms with Crippen molar-refractivity contribution in [2.45, 2.75) is 174 Å². The van der Waals surface area contributed by atoms with Crippen LogP contribution in [0.4, 0.5) is 0 Å². The Labute approximate surface area is 306 Å². The highest BCUT2D eigenvalue weighted by Gasteiger charge is 2.67. The molecule has 3 saturated heterocycles. The third-order valence-electron chi connectivity index (χ3n) is 15.4. The van der Waals surface area contributed by atoms with Crippen LogP contribution in [0.5, 0.6) is 0 Å². The maximum Gasteiger partial charge on any atom is 0.231 e. The number of ether oxygens (including phenoxy) is 6. The number of rotatable bonds is 10. The SMILES string of the molecule is C[C@H](CCC(=O)n1ccnc1)[C@H]1CC[C@H]2[C@@H]3[C@H](OC4CCCCO4)C[C@@H]4C[C@H](OC5CCCCO5)CC[C@]4(C)[C@H]3C[C@H](OC3CCCCO3)[C@]12C. The fraction of sp³-hybridized carbons (Fsp3) is 0.905. The van der Waals surface area contributed by atoms with Crippen molar-refractivity contribution in [1.29, 1.82) is 0 Å². The van der Waals surface area contributed by atoms with E-state index in [0.29, 0.717) is 41.9 Å². The van der Waals surface area contributed by atoms with Gasteiger partial charge in [-0.05, 0) is 150 Å². The van der Waals surface area contributed by atoms with Crippen LogP contribution in [0.1, 0.15) is 141 Å². The summed E-state index contributed by atoms with van der Waals surface area (Å²) in [5, 5.41) is 0. The Morgan fingerprint density at radius 3 is 2.16 bits per heavy atom. The van der Waals surface area contributed by atoms with Crippen LogP contribution in [0.15, 0.2) is 18.7 Å². The molecular weight excluding hydrogens is 644 g/mol. The van der Waals surface area contributed by atoms with E-state index in [1.807, 2.05) is 0 Å². The van der Waals surface area contributed by atoms with Gasteiger partial charge in [-0.3, -0.25) is 9.36 Å². The summed E-state index contributed by atoms with van der Waals surface area (Å²) in [5.74, 6) is 3.04. The molecular formula is C42H66N2O7. The monoisotopic (exact) mass is 710 g/mol. The normalized spacial score (nSPS) is 45.0. The van der Waals surface area contributed by atoms with Gasteiger partial charge < -0.3 is 28.4 Å². The molecule has 4 saturated carbocycles. The molecule has 9 nitrogen and oxygen atoms in total. The van der Waals surface area contributed by atoms with Gasteiger partial charge in [0.05, 0.1) is 18.3 Å². The van der Waals surface area contributed by atoms with Gasteiger partial charge in [0.25, 0.3) is 0 Å². The van der Waals surface area contributed by atoms with Crippen molar-refractivity contribution in [2.24, 2.45) is 46.3 Å². The van der Waals surface area contributed by atoms with Crippen LogP contribution in [0.2, 0.25) is 0 Å². The second kappa shape index (κ2) is 15.8. The zero-order valence-corrected chi connectivity index (χ0v) is 31.8. The minimum Gasteiger partial charge on any atom is -0.353 e. The highest BCUT2D eigenvalue weighted by Crippen LogP contribution is 2.69. The molecule has 8 rings (SSSR count). The molecule has 3 aliphatic heterocycles. The van der Waals surface area contributed by atoms with Crippen LogP contribution in [0, 0.1) is 46.3 Å². The van der Waals surface area contributed by atoms with Crippen molar-refractivity contribution in [3.8, 4) is 0 Å². The van der Waals surface area contributed by atoms with Gasteiger partial charge in [0.1, 0.15) is 6.33 Å². The Balaban J connectivity index is 1.08. The molecule has 0 bridgehead atoms. The number of imidazole rings is 1. The lowest BCUT2D eigenvalue weighted by Crippen LogP contribution is -2.64. The molecule has 286 valence electrons. The van der Waals surface area contributed by atoms with Crippen molar-refractivity contribution in [3.63, 3.8) is 0 Å². The molecule has 0 N–H and O–H groups in total. The molecule has 0 aromatic carbocycles. The minimum atomic E-state index is -0.119. The Morgan fingerprint density at radius 1 is 0.824 bits per heavy atom. The fourth-order valence-electron chi connectivity index (χ4n) is 12.7. The highest BCUT2D eigenvalue weighted by molar-refractivity contribution is 5.78. The summed E-state index contributed by atoms with van der Waals surface area (Å²) < 4.78 is 41.5. The maximum absolute atomic E-state index is 13.1. The predicted molar refractivity (Wildman–Crippen MR) is 193 cm³/mol. The van der Waals surface area contributed by atoms with Gasteiger partial charge in [0.2, 0.25) is 5.91 Å². The van der Waals surface area contributed by atoms with Gasteiger partial charge in [-0.1, -0.05) is 20.8 Å². The molecule has 1 aromatic rings. The third kappa shape index (κ3) is 7.39. The van der Waals surface area contributed by atoms with Crippen molar-refractivity contribution in [3.05, 3.63) is 18.7 Å². The molecule has 9 heteroatoms. The quantitative estimate of drug-likeness (QED) is 0.223. The van der Waals surface area contributed by atoms with E-state index in [1.165, 1.54) is 38.5 Å². The highest BCUT2D eigenvalue weighted by atomic mass is 16.7. The molecule has 7 fully saturated rings. The van der Waals surface area contributed by atoms with Crippen LogP contribution in [0.25, 0.3) is 0 Å². The average molecular weight is 711 g/mol. The van der Waals surface area contributed by atoms with Gasteiger partial charge in [-0.15, -0.1) is 0 Å². The third-order valence-corrected chi connectivity index (χ3v) is 15.4. The van der Waals surface area contributed by atoms with Crippen molar-refractivity contribution in [1.82, 2.24) is 9.55 Å². The van der Waals surface area contributed by atoms with E-state index < -0.39 is 0 Å². The summed E-state index contributed by atoms with van der Waals surface area (Å²) in [5.41, 5.74) is 0.193. The van der Waals surface area contributed by atoms with Crippen LogP contribution < -0.4 is 0 Å². The van der Waals surface area contributed by atoms with E-state index in [-0.39, 0.29) is 53.9 Å². The Bertz CT molecular complexity index is 1280. The number of aromatic nitrogens is 2. The number of fused-ring (bicyclic) bond motifs is 5. The molecule has 0 radical (unpaired) electrons. The first-order chi connectivity index (χ1) is 24.8. The van der Waals surface area contributed by atoms with Crippen molar-refractivity contribution in [2.75, 3.05) is 19.8 Å². The molecule has 7 aliphatic rings. The van der Waals surface area contributed by atoms with E-state index in [0.717, 1.165) is 90.4 Å². The first-order valence-corrected chi connectivity index (χ1v) is 21.1. The van der Waals surface area contributed by atoms with Crippen molar-refractivity contribution < 1.29 is 33.2 Å². The fourth-order valence-corrected chi connectivity index (χ4v) is 12.7. The van der Waals surface area contributed by atoms with Gasteiger partial charge in [0, 0.05) is 44.1 Å². The van der Waals surface area contributed by atoms with E-state index in [4.69, 9.17) is 28.4 Å². The summed E-state index contributed by atoms with van der Waals surface area (Å²) >= 11 is 0. The summed E-state index contributed by atoms with van der Waals surface area (Å²) in [6.07, 6.45) is 24.7. The molecule has 3 unspecified atom stereocenters. The summed E-state index contributed by atoms with van der Waals surface area (Å²) in [6, 6.07) is 0. The van der Waals surface area contributed by atoms with Crippen LogP contribution >= 0.6 is 0 Å². The first kappa shape index (κ1) is 36.6. The molecule has 0 spiro atoms. The number of carbonyl (C=O) groups is 1. The van der Waals surface area contributed by atoms with Crippen molar-refractivity contribution >= 4 is 5.91 Å². The zero-order valence-electron chi connectivity index (χ0n) is 31.8. The zero-order chi connectivity index (χ0) is 35.0. The van der Waals surface area contributed by atoms with E-state index in [9.17, 15) is 4.79 Å². The molecule has 4 aliphatic carbocycles. The topological polar surface area (TPSA) is 90.3 Å². The van der Waals surface area contributed by atoms with Gasteiger partial charge in [-0.25, -0.2) is 4.98 Å². The van der Waals surface area contributed by atoms with Gasteiger partial charge >= 0.3 is 0 Å². The Kier molecular flexibility index (Phi) is 11.3. The smallest absolute Gasteiger partial charge is 0.231 e. The molecule has 1 aromatic heterocycles. The van der Waals surface area contributed by atoms with E-state index in [2.05, 4.69) is 25.8 Å². The predicted octanol–water partition coefficient (Wildman–Crippen LogP) is 8.55. The lowest BCUT2D eigenvalue weighted by Gasteiger charge is -2.65. The van der Waals surface area contributed by atoms with Gasteiger partial charge in [-0.2, -0.15) is 0 Å². The molecule has 4 heterocycles. The number of hydrogen-bond acceptors (Lipinski definition) is 8. The van der Waals surface area contributed by atoms with Crippen LogP contribution in [0.3, 0.4) is 0 Å². The van der Waals surface area contributed by atoms with E-state index in [1.54, 1.807) is 23.3 Å². The maximum atomic E-state index is 13.1. The second-order valence-corrected chi connectivity index (χ2v) is 18.1. The molecule has 51 heavy (non-hydrogen) atoms. The van der Waals surface area contributed by atoms with E-state index >= 15 is 0 Å². The molecule has 14 atom stereocenters. The standard InChI is InChI=1S/C42H66N2O7/c1-28(13-16-36(45)44-20-19-43-27-44)31-14-15-32-40-33(26-35(42(31,32)3)51-39-12-6-9-23-48-39)41(2)18-17-30(49-37-10-4-7-21-46-37)24-29(41)25-34(40)50-38-11-5-8-22-47-38/h19-20,27-35,37-40H,4-18,21-26H2,1-3H3/t28-,29+,30-,31-,32+,33+,34-,35+,37?,38?,39?,40+,41+,42-/m1/s1. The summed E-state index contributed by atoms with van der Waals surface area (Å²) in [6.45, 7) is 10.0. The van der Waals surface area contributed by atoms with Crippen LogP contribution in [-0.4, -0.2) is 72.5 Å². The number of hydrogen-bond donors (Lipinski definition) is 0. The number of carbonyl (C=O) groups excluding carboxylic acids is 1. The lowest BCUT2D eigenvalue weighted by molar-refractivity contribution is -0.289. The minimum absolute atomic E-state index is 0.0176. The second-order valence-electron chi connectivity index (χ2n) is 18.1. The van der Waals surface area contributed by atoms with Gasteiger partial charge in [0.15, 0.2) is 18.9 Å². The largest absolute Gasteiger partial charge is 0.353 e.